The Labute approximate surface area is 91.2 Å². The fourth-order valence-electron chi connectivity index (χ4n) is 2.65. The first-order chi connectivity index (χ1) is 7.33. The van der Waals surface area contributed by atoms with E-state index in [1.165, 1.54) is 12.0 Å². The molecule has 0 aromatic heterocycles. The van der Waals surface area contributed by atoms with E-state index in [1.54, 1.807) is 14.2 Å². The van der Waals surface area contributed by atoms with Crippen LogP contribution in [0.2, 0.25) is 0 Å². The Kier molecular flexibility index (Phi) is 3.08. The molecule has 0 radical (unpaired) electrons. The average Bonchev–Trinajstić information content (AvgIpc) is 2.74. The molecule has 1 fully saturated rings. The molecular weight excluding hydrogens is 188 g/mol. The summed E-state index contributed by atoms with van der Waals surface area (Å²) in [5, 5.41) is 0. The summed E-state index contributed by atoms with van der Waals surface area (Å²) < 4.78 is 11.3. The Morgan fingerprint density at radius 2 is 1.93 bits per heavy atom. The molecule has 0 amide bonds. The SMILES string of the molecule is CO[C@H]1CCC[C@]1(OC)c1ccccc1. The molecule has 2 rings (SSSR count). The van der Waals surface area contributed by atoms with E-state index >= 15 is 0 Å². The molecule has 0 heterocycles. The van der Waals surface area contributed by atoms with Gasteiger partial charge in [0.05, 0.1) is 6.10 Å². The van der Waals surface area contributed by atoms with E-state index in [4.69, 9.17) is 9.47 Å². The van der Waals surface area contributed by atoms with Crippen LogP contribution in [0.3, 0.4) is 0 Å². The molecule has 0 saturated heterocycles. The monoisotopic (exact) mass is 206 g/mol. The van der Waals surface area contributed by atoms with Crippen molar-refractivity contribution in [3.63, 3.8) is 0 Å². The van der Waals surface area contributed by atoms with Gasteiger partial charge in [0.2, 0.25) is 0 Å². The van der Waals surface area contributed by atoms with Crippen LogP contribution >= 0.6 is 0 Å². The van der Waals surface area contributed by atoms with Gasteiger partial charge in [-0.15, -0.1) is 0 Å². The third kappa shape index (κ3) is 1.68. The van der Waals surface area contributed by atoms with Gasteiger partial charge in [-0.05, 0) is 24.8 Å². The largest absolute Gasteiger partial charge is 0.378 e. The molecule has 0 spiro atoms. The maximum atomic E-state index is 5.76. The Balaban J connectivity index is 2.36. The Morgan fingerprint density at radius 1 is 1.20 bits per heavy atom. The first-order valence-electron chi connectivity index (χ1n) is 5.47. The molecule has 2 atom stereocenters. The Bertz CT molecular complexity index is 310. The number of ether oxygens (including phenoxy) is 2. The normalized spacial score (nSPS) is 30.7. The highest BCUT2D eigenvalue weighted by Crippen LogP contribution is 2.43. The lowest BCUT2D eigenvalue weighted by atomic mass is 9.90. The fourth-order valence-corrected chi connectivity index (χ4v) is 2.65. The van der Waals surface area contributed by atoms with Crippen molar-refractivity contribution in [2.75, 3.05) is 14.2 Å². The molecule has 1 aromatic rings. The highest BCUT2D eigenvalue weighted by molar-refractivity contribution is 5.25. The lowest BCUT2D eigenvalue weighted by molar-refractivity contribution is -0.104. The highest BCUT2D eigenvalue weighted by Gasteiger charge is 2.44. The smallest absolute Gasteiger partial charge is 0.119 e. The van der Waals surface area contributed by atoms with Gasteiger partial charge in [0.1, 0.15) is 5.60 Å². The summed E-state index contributed by atoms with van der Waals surface area (Å²) in [7, 11) is 3.55. The second-order valence-corrected chi connectivity index (χ2v) is 4.08. The Hall–Kier alpha value is -0.860. The van der Waals surface area contributed by atoms with Gasteiger partial charge in [-0.2, -0.15) is 0 Å². The second kappa shape index (κ2) is 4.33. The summed E-state index contributed by atoms with van der Waals surface area (Å²) in [5.41, 5.74) is 1.01. The summed E-state index contributed by atoms with van der Waals surface area (Å²) >= 11 is 0. The molecule has 1 aromatic carbocycles. The maximum Gasteiger partial charge on any atom is 0.119 e. The minimum absolute atomic E-state index is 0.185. The van der Waals surface area contributed by atoms with Gasteiger partial charge in [-0.25, -0.2) is 0 Å². The van der Waals surface area contributed by atoms with E-state index in [0.717, 1.165) is 12.8 Å². The van der Waals surface area contributed by atoms with E-state index < -0.39 is 0 Å². The summed E-state index contributed by atoms with van der Waals surface area (Å²) in [6.45, 7) is 0. The molecular formula is C13H18O2. The van der Waals surface area contributed by atoms with Crippen molar-refractivity contribution in [2.24, 2.45) is 0 Å². The average molecular weight is 206 g/mol. The topological polar surface area (TPSA) is 18.5 Å². The van der Waals surface area contributed by atoms with E-state index in [0.29, 0.717) is 0 Å². The van der Waals surface area contributed by atoms with Crippen LogP contribution in [0.4, 0.5) is 0 Å². The van der Waals surface area contributed by atoms with E-state index in [1.807, 2.05) is 6.07 Å². The van der Waals surface area contributed by atoms with Crippen molar-refractivity contribution in [3.05, 3.63) is 35.9 Å². The summed E-state index contributed by atoms with van der Waals surface area (Å²) in [6, 6.07) is 10.4. The lowest BCUT2D eigenvalue weighted by Crippen LogP contribution is -2.37. The van der Waals surface area contributed by atoms with Crippen LogP contribution in [0, 0.1) is 0 Å². The van der Waals surface area contributed by atoms with Crippen LogP contribution in [-0.4, -0.2) is 20.3 Å². The van der Waals surface area contributed by atoms with Crippen LogP contribution in [-0.2, 0) is 15.1 Å². The van der Waals surface area contributed by atoms with Crippen LogP contribution in [0.25, 0.3) is 0 Å². The summed E-state index contributed by atoms with van der Waals surface area (Å²) in [5.74, 6) is 0. The van der Waals surface area contributed by atoms with Crippen LogP contribution in [0.5, 0.6) is 0 Å². The molecule has 0 bridgehead atoms. The van der Waals surface area contributed by atoms with Gasteiger partial charge >= 0.3 is 0 Å². The molecule has 15 heavy (non-hydrogen) atoms. The van der Waals surface area contributed by atoms with Crippen LogP contribution < -0.4 is 0 Å². The number of methoxy groups -OCH3 is 2. The minimum atomic E-state index is -0.226. The fraction of sp³-hybridized carbons (Fsp3) is 0.538. The van der Waals surface area contributed by atoms with E-state index in [2.05, 4.69) is 24.3 Å². The summed E-state index contributed by atoms with van der Waals surface area (Å²) in [6.07, 6.45) is 3.48. The number of hydrogen-bond donors (Lipinski definition) is 0. The number of benzene rings is 1. The van der Waals surface area contributed by atoms with Crippen molar-refractivity contribution < 1.29 is 9.47 Å². The zero-order valence-electron chi connectivity index (χ0n) is 9.40. The molecule has 0 unspecified atom stereocenters. The van der Waals surface area contributed by atoms with Gasteiger partial charge in [-0.1, -0.05) is 30.3 Å². The standard InChI is InChI=1S/C13H18O2/c1-14-12-9-6-10-13(12,15-2)11-7-4-3-5-8-11/h3-5,7-8,12H,6,9-10H2,1-2H3/t12-,13-/m0/s1. The molecule has 82 valence electrons. The van der Waals surface area contributed by atoms with Gasteiger partial charge in [0.25, 0.3) is 0 Å². The second-order valence-electron chi connectivity index (χ2n) is 4.08. The van der Waals surface area contributed by atoms with Crippen molar-refractivity contribution in [3.8, 4) is 0 Å². The number of hydrogen-bond acceptors (Lipinski definition) is 2. The third-order valence-electron chi connectivity index (χ3n) is 3.45. The van der Waals surface area contributed by atoms with Gasteiger partial charge in [0.15, 0.2) is 0 Å². The van der Waals surface area contributed by atoms with Gasteiger partial charge < -0.3 is 9.47 Å². The maximum absolute atomic E-state index is 5.76. The van der Waals surface area contributed by atoms with Crippen molar-refractivity contribution >= 4 is 0 Å². The zero-order valence-corrected chi connectivity index (χ0v) is 9.40. The molecule has 1 saturated carbocycles. The van der Waals surface area contributed by atoms with Crippen molar-refractivity contribution in [1.29, 1.82) is 0 Å². The predicted molar refractivity (Wildman–Crippen MR) is 59.8 cm³/mol. The van der Waals surface area contributed by atoms with Gasteiger partial charge in [-0.3, -0.25) is 0 Å². The molecule has 2 heteroatoms. The number of rotatable bonds is 3. The van der Waals surface area contributed by atoms with Crippen molar-refractivity contribution in [1.82, 2.24) is 0 Å². The minimum Gasteiger partial charge on any atom is -0.378 e. The van der Waals surface area contributed by atoms with Gasteiger partial charge in [0, 0.05) is 14.2 Å². The molecule has 1 aliphatic carbocycles. The lowest BCUT2D eigenvalue weighted by Gasteiger charge is -2.33. The van der Waals surface area contributed by atoms with Crippen molar-refractivity contribution in [2.45, 2.75) is 31.0 Å². The molecule has 0 N–H and O–H groups in total. The first kappa shape index (κ1) is 10.7. The van der Waals surface area contributed by atoms with Crippen LogP contribution in [0.1, 0.15) is 24.8 Å². The summed E-state index contributed by atoms with van der Waals surface area (Å²) in [4.78, 5) is 0. The van der Waals surface area contributed by atoms with E-state index in [-0.39, 0.29) is 11.7 Å². The van der Waals surface area contributed by atoms with Crippen LogP contribution in [0.15, 0.2) is 30.3 Å². The predicted octanol–water partition coefficient (Wildman–Crippen LogP) is 2.73. The molecule has 0 aliphatic heterocycles. The highest BCUT2D eigenvalue weighted by atomic mass is 16.5. The quantitative estimate of drug-likeness (QED) is 0.757. The van der Waals surface area contributed by atoms with E-state index in [9.17, 15) is 0 Å². The molecule has 1 aliphatic rings. The first-order valence-corrected chi connectivity index (χ1v) is 5.47. The molecule has 2 nitrogen and oxygen atoms in total. The zero-order chi connectivity index (χ0) is 10.7. The third-order valence-corrected chi connectivity index (χ3v) is 3.45. The Morgan fingerprint density at radius 3 is 2.53 bits per heavy atom.